The van der Waals surface area contributed by atoms with Gasteiger partial charge in [-0.15, -0.1) is 0 Å². The average Bonchev–Trinajstić information content (AvgIpc) is 2.44. The van der Waals surface area contributed by atoms with Gasteiger partial charge in [-0.2, -0.15) is 5.26 Å². The molecule has 0 atom stereocenters. The molecule has 5 nitrogen and oxygen atoms in total. The third kappa shape index (κ3) is 3.45. The summed E-state index contributed by atoms with van der Waals surface area (Å²) in [6.45, 7) is 4.46. The van der Waals surface area contributed by atoms with E-state index in [9.17, 15) is 4.79 Å². The van der Waals surface area contributed by atoms with E-state index < -0.39 is 0 Å². The van der Waals surface area contributed by atoms with Crippen LogP contribution in [0.5, 0.6) is 0 Å². The fourth-order valence-electron chi connectivity index (χ4n) is 1.78. The zero-order chi connectivity index (χ0) is 14.5. The minimum absolute atomic E-state index is 0.159. The molecular weight excluding hydrogens is 252 g/mol. The van der Waals surface area contributed by atoms with Crippen molar-refractivity contribution >= 4 is 5.82 Å². The van der Waals surface area contributed by atoms with Crippen molar-refractivity contribution in [2.45, 2.75) is 26.3 Å². The Hall–Kier alpha value is -2.61. The van der Waals surface area contributed by atoms with Gasteiger partial charge in [0.25, 0.3) is 5.56 Å². The molecule has 0 amide bonds. The zero-order valence-electron chi connectivity index (χ0n) is 11.5. The summed E-state index contributed by atoms with van der Waals surface area (Å²) in [5, 5.41) is 12.0. The molecule has 5 heteroatoms. The van der Waals surface area contributed by atoms with Crippen LogP contribution in [0.2, 0.25) is 0 Å². The summed E-state index contributed by atoms with van der Waals surface area (Å²) < 4.78 is 0. The van der Waals surface area contributed by atoms with Gasteiger partial charge in [-0.1, -0.05) is 26.0 Å². The number of anilines is 1. The van der Waals surface area contributed by atoms with Gasteiger partial charge >= 0.3 is 0 Å². The van der Waals surface area contributed by atoms with Crippen molar-refractivity contribution in [3.05, 3.63) is 57.6 Å². The van der Waals surface area contributed by atoms with E-state index in [0.29, 0.717) is 23.8 Å². The van der Waals surface area contributed by atoms with Crippen molar-refractivity contribution in [2.24, 2.45) is 0 Å². The van der Waals surface area contributed by atoms with Crippen LogP contribution < -0.4 is 10.9 Å². The number of H-pyrrole nitrogens is 1. The second-order valence-electron chi connectivity index (χ2n) is 4.84. The Balaban J connectivity index is 2.14. The molecule has 20 heavy (non-hydrogen) atoms. The van der Waals surface area contributed by atoms with E-state index in [1.54, 1.807) is 6.07 Å². The summed E-state index contributed by atoms with van der Waals surface area (Å²) in [6.07, 6.45) is 0. The number of nitriles is 1. The highest BCUT2D eigenvalue weighted by Gasteiger charge is 2.05. The smallest absolute Gasteiger partial charge is 0.252 e. The lowest BCUT2D eigenvalue weighted by atomic mass is 10.1. The highest BCUT2D eigenvalue weighted by Crippen LogP contribution is 2.11. The number of nitrogens with one attached hydrogen (secondary N) is 2. The Bertz CT molecular complexity index is 698. The quantitative estimate of drug-likeness (QED) is 0.892. The molecule has 0 fully saturated rings. The van der Waals surface area contributed by atoms with Crippen LogP contribution in [0.25, 0.3) is 0 Å². The minimum atomic E-state index is -0.169. The molecule has 0 saturated heterocycles. The van der Waals surface area contributed by atoms with Crippen molar-refractivity contribution < 1.29 is 0 Å². The van der Waals surface area contributed by atoms with Crippen molar-refractivity contribution in [2.75, 3.05) is 5.32 Å². The second kappa shape index (κ2) is 6.02. The van der Waals surface area contributed by atoms with Gasteiger partial charge in [-0.05, 0) is 17.7 Å². The van der Waals surface area contributed by atoms with Crippen LogP contribution >= 0.6 is 0 Å². The Morgan fingerprint density at radius 2 is 2.20 bits per heavy atom. The van der Waals surface area contributed by atoms with Crippen LogP contribution in [-0.2, 0) is 6.54 Å². The summed E-state index contributed by atoms with van der Waals surface area (Å²) in [7, 11) is 0. The normalized spacial score (nSPS) is 10.3. The maximum Gasteiger partial charge on any atom is 0.252 e. The topological polar surface area (TPSA) is 81.6 Å². The highest BCUT2D eigenvalue weighted by molar-refractivity contribution is 5.37. The van der Waals surface area contributed by atoms with E-state index in [1.807, 2.05) is 32.0 Å². The summed E-state index contributed by atoms with van der Waals surface area (Å²) in [4.78, 5) is 18.6. The van der Waals surface area contributed by atoms with Crippen LogP contribution in [-0.4, -0.2) is 9.97 Å². The number of benzene rings is 1. The summed E-state index contributed by atoms with van der Waals surface area (Å²) >= 11 is 0. The molecule has 0 saturated carbocycles. The summed E-state index contributed by atoms with van der Waals surface area (Å²) in [6, 6.07) is 10.9. The van der Waals surface area contributed by atoms with Crippen LogP contribution in [0, 0.1) is 11.3 Å². The molecule has 102 valence electrons. The first-order valence-corrected chi connectivity index (χ1v) is 6.42. The van der Waals surface area contributed by atoms with E-state index in [0.717, 1.165) is 5.56 Å². The molecular formula is C15H16N4O. The van der Waals surface area contributed by atoms with Crippen molar-refractivity contribution in [1.29, 1.82) is 5.26 Å². The van der Waals surface area contributed by atoms with Crippen LogP contribution in [0.1, 0.15) is 36.7 Å². The number of nitrogens with zero attached hydrogens (tertiary/aromatic N) is 2. The maximum absolute atomic E-state index is 11.5. The zero-order valence-corrected chi connectivity index (χ0v) is 11.5. The fourth-order valence-corrected chi connectivity index (χ4v) is 1.78. The van der Waals surface area contributed by atoms with E-state index in [-0.39, 0.29) is 11.5 Å². The van der Waals surface area contributed by atoms with Gasteiger partial charge in [0.2, 0.25) is 0 Å². The first kappa shape index (κ1) is 13.8. The number of aromatic amines is 1. The highest BCUT2D eigenvalue weighted by atomic mass is 16.1. The minimum Gasteiger partial charge on any atom is -0.366 e. The van der Waals surface area contributed by atoms with Gasteiger partial charge < -0.3 is 10.3 Å². The van der Waals surface area contributed by atoms with Gasteiger partial charge in [-0.25, -0.2) is 4.98 Å². The standard InChI is InChI=1S/C15H16N4O/c1-10(2)15-18-13(7-14(20)19-15)17-9-12-5-3-4-11(6-12)8-16/h3-7,10H,9H2,1-2H3,(H2,17,18,19,20). The lowest BCUT2D eigenvalue weighted by molar-refractivity contribution is 0.766. The Morgan fingerprint density at radius 1 is 1.40 bits per heavy atom. The van der Waals surface area contributed by atoms with Crippen LogP contribution in [0.3, 0.4) is 0 Å². The van der Waals surface area contributed by atoms with Gasteiger partial charge in [0.05, 0.1) is 11.6 Å². The number of hydrogen-bond donors (Lipinski definition) is 2. The first-order valence-electron chi connectivity index (χ1n) is 6.42. The molecule has 1 aromatic heterocycles. The second-order valence-corrected chi connectivity index (χ2v) is 4.84. The molecule has 2 N–H and O–H groups in total. The molecule has 0 aliphatic carbocycles. The lowest BCUT2D eigenvalue weighted by Gasteiger charge is -2.09. The average molecular weight is 268 g/mol. The van der Waals surface area contributed by atoms with E-state index in [1.165, 1.54) is 6.07 Å². The van der Waals surface area contributed by atoms with Crippen molar-refractivity contribution in [1.82, 2.24) is 9.97 Å². The molecule has 2 aromatic rings. The van der Waals surface area contributed by atoms with E-state index >= 15 is 0 Å². The number of aromatic nitrogens is 2. The molecule has 2 rings (SSSR count). The maximum atomic E-state index is 11.5. The Kier molecular flexibility index (Phi) is 4.16. The lowest BCUT2D eigenvalue weighted by Crippen LogP contribution is -2.14. The molecule has 0 unspecified atom stereocenters. The molecule has 0 bridgehead atoms. The van der Waals surface area contributed by atoms with Crippen LogP contribution in [0.15, 0.2) is 35.1 Å². The first-order chi connectivity index (χ1) is 9.58. The molecule has 0 aliphatic rings. The Labute approximate surface area is 117 Å². The molecule has 1 aromatic carbocycles. The Morgan fingerprint density at radius 3 is 2.90 bits per heavy atom. The van der Waals surface area contributed by atoms with Gasteiger partial charge in [0.1, 0.15) is 11.6 Å². The van der Waals surface area contributed by atoms with E-state index in [4.69, 9.17) is 5.26 Å². The third-order valence-electron chi connectivity index (χ3n) is 2.84. The summed E-state index contributed by atoms with van der Waals surface area (Å²) in [5.74, 6) is 1.36. The SMILES string of the molecule is CC(C)c1nc(NCc2cccc(C#N)c2)cc(=O)[nH]1. The van der Waals surface area contributed by atoms with Gasteiger partial charge in [-0.3, -0.25) is 4.79 Å². The molecule has 0 aliphatic heterocycles. The van der Waals surface area contributed by atoms with Gasteiger partial charge in [0, 0.05) is 18.5 Å². The van der Waals surface area contributed by atoms with Crippen LogP contribution in [0.4, 0.5) is 5.82 Å². The number of hydrogen-bond acceptors (Lipinski definition) is 4. The monoisotopic (exact) mass is 268 g/mol. The predicted molar refractivity (Wildman–Crippen MR) is 77.4 cm³/mol. The molecule has 0 radical (unpaired) electrons. The summed E-state index contributed by atoms with van der Waals surface area (Å²) in [5.41, 5.74) is 1.42. The van der Waals surface area contributed by atoms with E-state index in [2.05, 4.69) is 21.4 Å². The third-order valence-corrected chi connectivity index (χ3v) is 2.84. The molecule has 1 heterocycles. The fraction of sp³-hybridized carbons (Fsp3) is 0.267. The largest absolute Gasteiger partial charge is 0.366 e. The predicted octanol–water partition coefficient (Wildman–Crippen LogP) is 2.38. The van der Waals surface area contributed by atoms with Gasteiger partial charge in [0.15, 0.2) is 0 Å². The van der Waals surface area contributed by atoms with Crippen molar-refractivity contribution in [3.63, 3.8) is 0 Å². The van der Waals surface area contributed by atoms with Crippen molar-refractivity contribution in [3.8, 4) is 6.07 Å². The molecule has 0 spiro atoms. The number of rotatable bonds is 4.